The standard InChI is InChI=1S/C11H9F3O3/c1-17-10-3-2-6(4-7(10)12)8(15)5-9(16)11(13)14/h2-5,11,15H,1H3. The van der Waals surface area contributed by atoms with E-state index in [-0.39, 0.29) is 11.3 Å². The van der Waals surface area contributed by atoms with Crippen LogP contribution in [0.4, 0.5) is 13.2 Å². The number of methoxy groups -OCH3 is 1. The van der Waals surface area contributed by atoms with Gasteiger partial charge < -0.3 is 9.84 Å². The third-order valence-electron chi connectivity index (χ3n) is 1.94. The monoisotopic (exact) mass is 246 g/mol. The fourth-order valence-corrected chi connectivity index (χ4v) is 1.11. The number of aliphatic hydroxyl groups excluding tert-OH is 1. The zero-order chi connectivity index (χ0) is 13.0. The second-order valence-corrected chi connectivity index (χ2v) is 3.08. The third-order valence-corrected chi connectivity index (χ3v) is 1.94. The van der Waals surface area contributed by atoms with E-state index in [1.54, 1.807) is 0 Å². The first-order valence-corrected chi connectivity index (χ1v) is 4.52. The molecule has 17 heavy (non-hydrogen) atoms. The number of hydrogen-bond acceptors (Lipinski definition) is 3. The van der Waals surface area contributed by atoms with Crippen LogP contribution in [0, 0.1) is 5.82 Å². The molecule has 0 saturated heterocycles. The van der Waals surface area contributed by atoms with Crippen molar-refractivity contribution in [3.63, 3.8) is 0 Å². The van der Waals surface area contributed by atoms with Gasteiger partial charge in [-0.25, -0.2) is 13.2 Å². The molecule has 1 aromatic rings. The van der Waals surface area contributed by atoms with Gasteiger partial charge in [0.25, 0.3) is 6.43 Å². The summed E-state index contributed by atoms with van der Waals surface area (Å²) in [5.74, 6) is -3.09. The molecule has 3 nitrogen and oxygen atoms in total. The van der Waals surface area contributed by atoms with Gasteiger partial charge in [0.15, 0.2) is 11.6 Å². The smallest absolute Gasteiger partial charge is 0.300 e. The zero-order valence-electron chi connectivity index (χ0n) is 8.78. The summed E-state index contributed by atoms with van der Waals surface area (Å²) in [7, 11) is 1.26. The Hall–Kier alpha value is -1.98. The van der Waals surface area contributed by atoms with E-state index in [9.17, 15) is 23.1 Å². The van der Waals surface area contributed by atoms with Crippen molar-refractivity contribution >= 4 is 11.5 Å². The molecule has 0 amide bonds. The van der Waals surface area contributed by atoms with E-state index in [0.717, 1.165) is 6.07 Å². The van der Waals surface area contributed by atoms with Gasteiger partial charge in [0, 0.05) is 11.6 Å². The summed E-state index contributed by atoms with van der Waals surface area (Å²) in [6.07, 6.45) is -2.86. The molecule has 1 aromatic carbocycles. The number of alkyl halides is 2. The number of rotatable bonds is 4. The normalized spacial score (nSPS) is 11.7. The van der Waals surface area contributed by atoms with Crippen molar-refractivity contribution in [2.45, 2.75) is 6.43 Å². The van der Waals surface area contributed by atoms with Crippen LogP contribution in [0.3, 0.4) is 0 Å². The maximum absolute atomic E-state index is 13.2. The lowest BCUT2D eigenvalue weighted by Crippen LogP contribution is -2.06. The van der Waals surface area contributed by atoms with Gasteiger partial charge in [-0.1, -0.05) is 0 Å². The van der Waals surface area contributed by atoms with Crippen LogP contribution in [0.2, 0.25) is 0 Å². The number of ketones is 1. The SMILES string of the molecule is COc1ccc(C(O)=CC(=O)C(F)F)cc1F. The summed E-state index contributed by atoms with van der Waals surface area (Å²) in [5, 5.41) is 9.33. The van der Waals surface area contributed by atoms with Crippen molar-refractivity contribution in [1.29, 1.82) is 0 Å². The van der Waals surface area contributed by atoms with Crippen LogP contribution in [0.1, 0.15) is 5.56 Å². The first-order chi connectivity index (χ1) is 7.95. The Labute approximate surface area is 95.1 Å². The van der Waals surface area contributed by atoms with Crippen LogP contribution in [-0.4, -0.2) is 24.4 Å². The minimum absolute atomic E-state index is 0.0539. The highest BCUT2D eigenvalue weighted by Gasteiger charge is 2.14. The summed E-state index contributed by atoms with van der Waals surface area (Å²) in [5.41, 5.74) is -0.0858. The molecule has 0 bridgehead atoms. The maximum atomic E-state index is 13.2. The zero-order valence-corrected chi connectivity index (χ0v) is 8.78. The molecule has 0 aromatic heterocycles. The van der Waals surface area contributed by atoms with Gasteiger partial charge in [-0.15, -0.1) is 0 Å². The molecular formula is C11H9F3O3. The molecule has 0 aliphatic carbocycles. The number of halogens is 3. The predicted molar refractivity (Wildman–Crippen MR) is 54.6 cm³/mol. The molecule has 1 rings (SSSR count). The molecule has 0 fully saturated rings. The van der Waals surface area contributed by atoms with Crippen LogP contribution in [0.5, 0.6) is 5.75 Å². The molecule has 0 spiro atoms. The van der Waals surface area contributed by atoms with Gasteiger partial charge in [0.1, 0.15) is 5.76 Å². The molecule has 0 unspecified atom stereocenters. The van der Waals surface area contributed by atoms with Crippen LogP contribution >= 0.6 is 0 Å². The van der Waals surface area contributed by atoms with Crippen LogP contribution in [0.15, 0.2) is 24.3 Å². The molecule has 0 atom stereocenters. The van der Waals surface area contributed by atoms with Gasteiger partial charge >= 0.3 is 0 Å². The Morgan fingerprint density at radius 3 is 2.59 bits per heavy atom. The van der Waals surface area contributed by atoms with E-state index in [4.69, 9.17) is 0 Å². The summed E-state index contributed by atoms with van der Waals surface area (Å²) in [6, 6.07) is 3.33. The summed E-state index contributed by atoms with van der Waals surface area (Å²) in [4.78, 5) is 10.6. The highest BCUT2D eigenvalue weighted by Crippen LogP contribution is 2.21. The largest absolute Gasteiger partial charge is 0.507 e. The fraction of sp³-hybridized carbons (Fsp3) is 0.182. The lowest BCUT2D eigenvalue weighted by Gasteiger charge is -2.04. The topological polar surface area (TPSA) is 46.5 Å². The molecule has 1 N–H and O–H groups in total. The van der Waals surface area contributed by atoms with Crippen molar-refractivity contribution < 1.29 is 27.8 Å². The van der Waals surface area contributed by atoms with Gasteiger partial charge in [-0.05, 0) is 18.2 Å². The van der Waals surface area contributed by atoms with Gasteiger partial charge in [0.05, 0.1) is 7.11 Å². The van der Waals surface area contributed by atoms with E-state index in [1.807, 2.05) is 0 Å². The van der Waals surface area contributed by atoms with Crippen LogP contribution in [0.25, 0.3) is 5.76 Å². The van der Waals surface area contributed by atoms with Crippen LogP contribution in [-0.2, 0) is 4.79 Å². The second kappa shape index (κ2) is 5.38. The molecule has 0 heterocycles. The van der Waals surface area contributed by atoms with E-state index in [2.05, 4.69) is 4.74 Å². The molecule has 0 radical (unpaired) electrons. The van der Waals surface area contributed by atoms with Crippen LogP contribution < -0.4 is 4.74 Å². The number of allylic oxidation sites excluding steroid dienone is 1. The van der Waals surface area contributed by atoms with E-state index < -0.39 is 23.8 Å². The summed E-state index contributed by atoms with van der Waals surface area (Å²) < 4.78 is 41.7. The van der Waals surface area contributed by atoms with E-state index >= 15 is 0 Å². The lowest BCUT2D eigenvalue weighted by atomic mass is 10.1. The number of aliphatic hydroxyl groups is 1. The Morgan fingerprint density at radius 1 is 1.47 bits per heavy atom. The van der Waals surface area contributed by atoms with Crippen molar-refractivity contribution in [2.75, 3.05) is 7.11 Å². The number of carbonyl (C=O) groups excluding carboxylic acids is 1. The molecule has 92 valence electrons. The quantitative estimate of drug-likeness (QED) is 0.656. The van der Waals surface area contributed by atoms with Crippen molar-refractivity contribution in [3.8, 4) is 5.75 Å². The molecule has 0 aliphatic heterocycles. The maximum Gasteiger partial charge on any atom is 0.300 e. The minimum atomic E-state index is -3.21. The van der Waals surface area contributed by atoms with Gasteiger partial charge in [0.2, 0.25) is 5.78 Å². The summed E-state index contributed by atoms with van der Waals surface area (Å²) >= 11 is 0. The average molecular weight is 246 g/mol. The second-order valence-electron chi connectivity index (χ2n) is 3.08. The first-order valence-electron chi connectivity index (χ1n) is 4.52. The highest BCUT2D eigenvalue weighted by molar-refractivity contribution is 5.97. The Morgan fingerprint density at radius 2 is 2.12 bits per heavy atom. The number of carbonyl (C=O) groups is 1. The Kier molecular flexibility index (Phi) is 4.14. The highest BCUT2D eigenvalue weighted by atomic mass is 19.3. The third kappa shape index (κ3) is 3.24. The van der Waals surface area contributed by atoms with E-state index in [0.29, 0.717) is 6.08 Å². The molecular weight excluding hydrogens is 237 g/mol. The number of hydrogen-bond donors (Lipinski definition) is 1. The summed E-state index contributed by atoms with van der Waals surface area (Å²) in [6.45, 7) is 0. The van der Waals surface area contributed by atoms with Gasteiger partial charge in [-0.3, -0.25) is 4.79 Å². The van der Waals surface area contributed by atoms with Crippen molar-refractivity contribution in [1.82, 2.24) is 0 Å². The fourth-order valence-electron chi connectivity index (χ4n) is 1.11. The average Bonchev–Trinajstić information content (AvgIpc) is 2.28. The van der Waals surface area contributed by atoms with Crippen molar-refractivity contribution in [2.24, 2.45) is 0 Å². The first kappa shape index (κ1) is 13.1. The predicted octanol–water partition coefficient (Wildman–Crippen LogP) is 2.57. The van der Waals surface area contributed by atoms with Gasteiger partial charge in [-0.2, -0.15) is 0 Å². The molecule has 6 heteroatoms. The molecule has 0 saturated carbocycles. The Bertz CT molecular complexity index is 455. The van der Waals surface area contributed by atoms with Crippen molar-refractivity contribution in [3.05, 3.63) is 35.7 Å². The molecule has 0 aliphatic rings. The lowest BCUT2D eigenvalue weighted by molar-refractivity contribution is -0.124. The Balaban J connectivity index is 3.01. The van der Waals surface area contributed by atoms with E-state index in [1.165, 1.54) is 19.2 Å². The minimum Gasteiger partial charge on any atom is -0.507 e. The number of benzene rings is 1. The number of ether oxygens (including phenoxy) is 1.